The molecule has 3 unspecified atom stereocenters. The third-order valence-electron chi connectivity index (χ3n) is 4.38. The van der Waals surface area contributed by atoms with Crippen LogP contribution in [0.1, 0.15) is 13.3 Å². The zero-order chi connectivity index (χ0) is 13.1. The first-order valence-corrected chi connectivity index (χ1v) is 6.69. The Morgan fingerprint density at radius 2 is 2.33 bits per heavy atom. The van der Waals surface area contributed by atoms with Gasteiger partial charge in [0.1, 0.15) is 0 Å². The lowest BCUT2D eigenvalue weighted by Crippen LogP contribution is -2.42. The molecule has 2 aliphatic rings. The van der Waals surface area contributed by atoms with E-state index in [0.717, 1.165) is 19.6 Å². The molecule has 0 saturated carbocycles. The van der Waals surface area contributed by atoms with Gasteiger partial charge in [0, 0.05) is 26.2 Å². The highest BCUT2D eigenvalue weighted by molar-refractivity contribution is 5.78. The minimum Gasteiger partial charge on any atom is -0.344 e. The molecule has 5 heteroatoms. The van der Waals surface area contributed by atoms with Crippen molar-refractivity contribution in [3.63, 3.8) is 0 Å². The number of hydrogen-bond donors (Lipinski definition) is 1. The number of likely N-dealkylation sites (tertiary alicyclic amines) is 1. The van der Waals surface area contributed by atoms with Crippen molar-refractivity contribution in [1.82, 2.24) is 15.1 Å². The molecule has 0 bridgehead atoms. The van der Waals surface area contributed by atoms with Crippen LogP contribution in [0.25, 0.3) is 0 Å². The van der Waals surface area contributed by atoms with E-state index in [1.807, 2.05) is 0 Å². The smallest absolute Gasteiger partial charge is 0.236 e. The van der Waals surface area contributed by atoms with E-state index in [-0.39, 0.29) is 5.91 Å². The fourth-order valence-electron chi connectivity index (χ4n) is 3.10. The monoisotopic (exact) mass is 250 g/mol. The number of hydrogen-bond acceptors (Lipinski definition) is 4. The average molecular weight is 250 g/mol. The summed E-state index contributed by atoms with van der Waals surface area (Å²) in [6, 6.07) is 2.56. The number of nitrogens with zero attached hydrogens (tertiary/aromatic N) is 3. The van der Waals surface area contributed by atoms with Crippen LogP contribution in [0.15, 0.2) is 0 Å². The summed E-state index contributed by atoms with van der Waals surface area (Å²) in [5, 5.41) is 11.9. The summed E-state index contributed by atoms with van der Waals surface area (Å²) in [5.74, 6) is 1.53. The lowest BCUT2D eigenvalue weighted by atomic mass is 9.95. The molecule has 0 aromatic heterocycles. The Kier molecular flexibility index (Phi) is 4.20. The first kappa shape index (κ1) is 13.3. The maximum absolute atomic E-state index is 12.0. The third-order valence-corrected chi connectivity index (χ3v) is 4.38. The number of fused-ring (bicyclic) bond motifs is 1. The van der Waals surface area contributed by atoms with E-state index in [2.05, 4.69) is 23.2 Å². The van der Waals surface area contributed by atoms with Gasteiger partial charge in [-0.15, -0.1) is 0 Å². The van der Waals surface area contributed by atoms with Gasteiger partial charge in [0.25, 0.3) is 0 Å². The van der Waals surface area contributed by atoms with Crippen molar-refractivity contribution >= 4 is 5.91 Å². The number of likely N-dealkylation sites (N-methyl/N-ethyl adjacent to an activating group) is 1. The second-order valence-electron chi connectivity index (χ2n) is 5.48. The molecule has 5 nitrogen and oxygen atoms in total. The van der Waals surface area contributed by atoms with Crippen LogP contribution in [0.4, 0.5) is 0 Å². The molecule has 2 fully saturated rings. The van der Waals surface area contributed by atoms with Gasteiger partial charge in [-0.3, -0.25) is 9.69 Å². The van der Waals surface area contributed by atoms with Gasteiger partial charge in [-0.05, 0) is 31.8 Å². The predicted molar refractivity (Wildman–Crippen MR) is 68.8 cm³/mol. The molecule has 1 N–H and O–H groups in total. The number of nitrogens with one attached hydrogen (secondary N) is 1. The number of carbonyl (C=O) groups excluding carboxylic acids is 1. The first-order valence-electron chi connectivity index (χ1n) is 6.69. The van der Waals surface area contributed by atoms with Gasteiger partial charge in [0.15, 0.2) is 0 Å². The summed E-state index contributed by atoms with van der Waals surface area (Å²) >= 11 is 0. The molecule has 2 saturated heterocycles. The van der Waals surface area contributed by atoms with Gasteiger partial charge in [-0.25, -0.2) is 0 Å². The lowest BCUT2D eigenvalue weighted by Gasteiger charge is -2.26. The largest absolute Gasteiger partial charge is 0.344 e. The van der Waals surface area contributed by atoms with E-state index < -0.39 is 0 Å². The van der Waals surface area contributed by atoms with Crippen LogP contribution in [-0.2, 0) is 4.79 Å². The van der Waals surface area contributed by atoms with E-state index in [4.69, 9.17) is 5.26 Å². The number of rotatable bonds is 4. The van der Waals surface area contributed by atoms with Crippen LogP contribution >= 0.6 is 0 Å². The highest BCUT2D eigenvalue weighted by atomic mass is 16.2. The zero-order valence-electron chi connectivity index (χ0n) is 11.2. The van der Waals surface area contributed by atoms with E-state index in [1.165, 1.54) is 0 Å². The maximum atomic E-state index is 12.0. The Morgan fingerprint density at radius 3 is 3.00 bits per heavy atom. The van der Waals surface area contributed by atoms with Crippen molar-refractivity contribution in [1.29, 1.82) is 5.26 Å². The van der Waals surface area contributed by atoms with Crippen LogP contribution in [0.2, 0.25) is 0 Å². The average Bonchev–Trinajstić information content (AvgIpc) is 2.91. The Morgan fingerprint density at radius 1 is 1.56 bits per heavy atom. The molecular weight excluding hydrogens is 228 g/mol. The predicted octanol–water partition coefficient (Wildman–Crippen LogP) is -0.102. The highest BCUT2D eigenvalue weighted by Crippen LogP contribution is 2.31. The summed E-state index contributed by atoms with van der Waals surface area (Å²) in [7, 11) is 1.78. The van der Waals surface area contributed by atoms with E-state index in [0.29, 0.717) is 37.4 Å². The normalized spacial score (nSPS) is 31.1. The third kappa shape index (κ3) is 2.65. The molecule has 0 aromatic rings. The number of carbonyl (C=O) groups is 1. The summed E-state index contributed by atoms with van der Waals surface area (Å²) in [5.41, 5.74) is 0. The zero-order valence-corrected chi connectivity index (χ0v) is 11.2. The molecular formula is C13H22N4O. The minimum atomic E-state index is 0.130. The minimum absolute atomic E-state index is 0.130. The second kappa shape index (κ2) is 5.68. The molecule has 2 aliphatic heterocycles. The van der Waals surface area contributed by atoms with Gasteiger partial charge < -0.3 is 10.2 Å². The van der Waals surface area contributed by atoms with Crippen LogP contribution < -0.4 is 5.32 Å². The van der Waals surface area contributed by atoms with Crippen molar-refractivity contribution < 1.29 is 4.79 Å². The Bertz CT molecular complexity index is 351. The fourth-order valence-corrected chi connectivity index (χ4v) is 3.10. The molecule has 3 atom stereocenters. The van der Waals surface area contributed by atoms with Crippen molar-refractivity contribution in [3.05, 3.63) is 0 Å². The van der Waals surface area contributed by atoms with E-state index >= 15 is 0 Å². The molecule has 0 radical (unpaired) electrons. The molecule has 2 rings (SSSR count). The standard InChI is InChI=1S/C13H22N4O/c1-10-12-7-15-6-11(12)8-17(10)9-13(18)16(2)5-3-4-14/h10-12,15H,3,5-9H2,1-2H3. The topological polar surface area (TPSA) is 59.4 Å². The molecule has 100 valence electrons. The van der Waals surface area contributed by atoms with Crippen LogP contribution in [0.3, 0.4) is 0 Å². The van der Waals surface area contributed by atoms with E-state index in [1.54, 1.807) is 11.9 Å². The van der Waals surface area contributed by atoms with Gasteiger partial charge in [-0.1, -0.05) is 0 Å². The molecule has 0 aromatic carbocycles. The fraction of sp³-hybridized carbons (Fsp3) is 0.846. The van der Waals surface area contributed by atoms with Gasteiger partial charge in [0.05, 0.1) is 19.0 Å². The Labute approximate surface area is 109 Å². The Balaban J connectivity index is 1.83. The van der Waals surface area contributed by atoms with Gasteiger partial charge >= 0.3 is 0 Å². The lowest BCUT2D eigenvalue weighted by molar-refractivity contribution is -0.131. The van der Waals surface area contributed by atoms with Crippen LogP contribution in [0.5, 0.6) is 0 Å². The quantitative estimate of drug-likeness (QED) is 0.757. The van der Waals surface area contributed by atoms with E-state index in [9.17, 15) is 4.79 Å². The van der Waals surface area contributed by atoms with Crippen molar-refractivity contribution in [2.75, 3.05) is 39.8 Å². The van der Waals surface area contributed by atoms with Gasteiger partial charge in [0.2, 0.25) is 5.91 Å². The van der Waals surface area contributed by atoms with Crippen molar-refractivity contribution in [3.8, 4) is 6.07 Å². The van der Waals surface area contributed by atoms with Gasteiger partial charge in [-0.2, -0.15) is 5.26 Å². The molecule has 0 aliphatic carbocycles. The molecule has 2 heterocycles. The van der Waals surface area contributed by atoms with Crippen molar-refractivity contribution in [2.45, 2.75) is 19.4 Å². The summed E-state index contributed by atoms with van der Waals surface area (Å²) in [6.45, 7) is 6.45. The molecule has 0 spiro atoms. The SMILES string of the molecule is CC1C2CNCC2CN1CC(=O)N(C)CCC#N. The van der Waals surface area contributed by atoms with Crippen LogP contribution in [-0.4, -0.2) is 61.5 Å². The van der Waals surface area contributed by atoms with Crippen LogP contribution in [0, 0.1) is 23.2 Å². The van der Waals surface area contributed by atoms with Crippen molar-refractivity contribution in [2.24, 2.45) is 11.8 Å². The number of nitriles is 1. The first-order chi connectivity index (χ1) is 8.63. The number of amides is 1. The summed E-state index contributed by atoms with van der Waals surface area (Å²) < 4.78 is 0. The second-order valence-corrected chi connectivity index (χ2v) is 5.48. The highest BCUT2D eigenvalue weighted by Gasteiger charge is 2.42. The summed E-state index contributed by atoms with van der Waals surface area (Å²) in [6.07, 6.45) is 0.410. The molecule has 18 heavy (non-hydrogen) atoms. The maximum Gasteiger partial charge on any atom is 0.236 e. The summed E-state index contributed by atoms with van der Waals surface area (Å²) in [4.78, 5) is 16.0. The Hall–Kier alpha value is -1.12. The molecule has 1 amide bonds.